The number of rotatable bonds is 3. The van der Waals surface area contributed by atoms with Gasteiger partial charge < -0.3 is 14.4 Å². The fourth-order valence-electron chi connectivity index (χ4n) is 1.90. The smallest absolute Gasteiger partial charge is 0.262 e. The molecular formula is C15H12N2O3. The summed E-state index contributed by atoms with van der Waals surface area (Å²) >= 11 is 0. The van der Waals surface area contributed by atoms with Gasteiger partial charge in [-0.3, -0.25) is 0 Å². The molecule has 0 saturated heterocycles. The monoisotopic (exact) mass is 268 g/mol. The fourth-order valence-corrected chi connectivity index (χ4v) is 1.90. The number of nitrogens with zero attached hydrogens (tertiary/aromatic N) is 2. The van der Waals surface area contributed by atoms with Gasteiger partial charge in [0.1, 0.15) is 0 Å². The third-order valence-electron chi connectivity index (χ3n) is 2.91. The molecule has 0 aliphatic heterocycles. The average molecular weight is 268 g/mol. The highest BCUT2D eigenvalue weighted by Crippen LogP contribution is 2.36. The number of ether oxygens (including phenoxy) is 1. The Morgan fingerprint density at radius 2 is 1.85 bits per heavy atom. The highest BCUT2D eigenvalue weighted by Gasteiger charge is 2.16. The Morgan fingerprint density at radius 1 is 1.05 bits per heavy atom. The summed E-state index contributed by atoms with van der Waals surface area (Å²) in [6, 6.07) is 14.6. The lowest BCUT2D eigenvalue weighted by atomic mass is 10.2. The van der Waals surface area contributed by atoms with Crippen molar-refractivity contribution in [1.29, 1.82) is 0 Å². The molecular weight excluding hydrogens is 256 g/mol. The standard InChI is InChI=1S/C15H12N2O3/c1-19-12-9-5-8-11(13(12)18)15-16-14(17-20-15)10-6-3-2-4-7-10/h2-9,18H,1H3. The van der Waals surface area contributed by atoms with Gasteiger partial charge >= 0.3 is 0 Å². The molecule has 5 nitrogen and oxygen atoms in total. The number of methoxy groups -OCH3 is 1. The molecule has 0 amide bonds. The van der Waals surface area contributed by atoms with Crippen molar-refractivity contribution in [1.82, 2.24) is 10.1 Å². The van der Waals surface area contributed by atoms with Gasteiger partial charge in [-0.2, -0.15) is 4.98 Å². The summed E-state index contributed by atoms with van der Waals surface area (Å²) in [5.74, 6) is 1.07. The van der Waals surface area contributed by atoms with Crippen LogP contribution in [-0.2, 0) is 0 Å². The third-order valence-corrected chi connectivity index (χ3v) is 2.91. The van der Waals surface area contributed by atoms with Crippen molar-refractivity contribution in [3.63, 3.8) is 0 Å². The Hall–Kier alpha value is -2.82. The Morgan fingerprint density at radius 3 is 2.60 bits per heavy atom. The van der Waals surface area contributed by atoms with E-state index in [1.54, 1.807) is 18.2 Å². The van der Waals surface area contributed by atoms with Gasteiger partial charge in [-0.15, -0.1) is 0 Å². The zero-order chi connectivity index (χ0) is 13.9. The van der Waals surface area contributed by atoms with Crippen molar-refractivity contribution in [2.75, 3.05) is 7.11 Å². The lowest BCUT2D eigenvalue weighted by Crippen LogP contribution is -1.86. The van der Waals surface area contributed by atoms with E-state index >= 15 is 0 Å². The molecule has 0 spiro atoms. The fraction of sp³-hybridized carbons (Fsp3) is 0.0667. The van der Waals surface area contributed by atoms with E-state index < -0.39 is 0 Å². The third kappa shape index (κ3) is 2.09. The van der Waals surface area contributed by atoms with Crippen LogP contribution in [0.4, 0.5) is 0 Å². The van der Waals surface area contributed by atoms with Crippen molar-refractivity contribution in [3.05, 3.63) is 48.5 Å². The summed E-state index contributed by atoms with van der Waals surface area (Å²) < 4.78 is 10.3. The first-order chi connectivity index (χ1) is 9.79. The first kappa shape index (κ1) is 12.2. The molecule has 20 heavy (non-hydrogen) atoms. The minimum absolute atomic E-state index is 0.0155. The van der Waals surface area contributed by atoms with E-state index in [0.29, 0.717) is 17.1 Å². The van der Waals surface area contributed by atoms with Gasteiger partial charge in [0.25, 0.3) is 5.89 Å². The number of aromatic nitrogens is 2. The van der Waals surface area contributed by atoms with E-state index in [4.69, 9.17) is 9.26 Å². The molecule has 0 bridgehead atoms. The second kappa shape index (κ2) is 5.05. The Balaban J connectivity index is 2.03. The largest absolute Gasteiger partial charge is 0.504 e. The number of benzene rings is 2. The number of para-hydroxylation sites is 1. The molecule has 0 saturated carbocycles. The van der Waals surface area contributed by atoms with Crippen LogP contribution in [0, 0.1) is 0 Å². The summed E-state index contributed by atoms with van der Waals surface area (Å²) in [4.78, 5) is 4.29. The lowest BCUT2D eigenvalue weighted by Gasteiger charge is -2.04. The average Bonchev–Trinajstić information content (AvgIpc) is 2.98. The maximum Gasteiger partial charge on any atom is 0.262 e. The zero-order valence-electron chi connectivity index (χ0n) is 10.8. The van der Waals surface area contributed by atoms with E-state index in [1.807, 2.05) is 30.3 Å². The number of phenolic OH excluding ortho intramolecular Hbond substituents is 1. The van der Waals surface area contributed by atoms with Crippen LogP contribution in [0.3, 0.4) is 0 Å². The van der Waals surface area contributed by atoms with Crippen LogP contribution in [-0.4, -0.2) is 22.4 Å². The second-order valence-electron chi connectivity index (χ2n) is 4.15. The van der Waals surface area contributed by atoms with Crippen LogP contribution in [0.2, 0.25) is 0 Å². The molecule has 3 rings (SSSR count). The van der Waals surface area contributed by atoms with Crippen LogP contribution in [0.15, 0.2) is 53.1 Å². The topological polar surface area (TPSA) is 68.4 Å². The lowest BCUT2D eigenvalue weighted by molar-refractivity contribution is 0.371. The molecule has 5 heteroatoms. The molecule has 0 atom stereocenters. The number of hydrogen-bond donors (Lipinski definition) is 1. The molecule has 1 heterocycles. The van der Waals surface area contributed by atoms with Gasteiger partial charge in [0.2, 0.25) is 5.82 Å². The molecule has 1 N–H and O–H groups in total. The molecule has 1 aromatic heterocycles. The molecule has 0 radical (unpaired) electrons. The molecule has 100 valence electrons. The quantitative estimate of drug-likeness (QED) is 0.790. The summed E-state index contributed by atoms with van der Waals surface area (Å²) in [5.41, 5.74) is 1.30. The van der Waals surface area contributed by atoms with E-state index in [1.165, 1.54) is 7.11 Å². The minimum atomic E-state index is -0.0155. The molecule has 2 aromatic carbocycles. The van der Waals surface area contributed by atoms with E-state index in [-0.39, 0.29) is 11.6 Å². The molecule has 0 aliphatic carbocycles. The Kier molecular flexibility index (Phi) is 3.09. The van der Waals surface area contributed by atoms with Crippen LogP contribution < -0.4 is 4.74 Å². The normalized spacial score (nSPS) is 10.4. The van der Waals surface area contributed by atoms with Gasteiger partial charge in [-0.05, 0) is 12.1 Å². The predicted molar refractivity (Wildman–Crippen MR) is 73.4 cm³/mol. The van der Waals surface area contributed by atoms with Gasteiger partial charge in [0.05, 0.1) is 12.7 Å². The predicted octanol–water partition coefficient (Wildman–Crippen LogP) is 3.12. The van der Waals surface area contributed by atoms with Crippen LogP contribution in [0.25, 0.3) is 22.8 Å². The van der Waals surface area contributed by atoms with Crippen LogP contribution in [0.5, 0.6) is 11.5 Å². The minimum Gasteiger partial charge on any atom is -0.504 e. The second-order valence-corrected chi connectivity index (χ2v) is 4.15. The van der Waals surface area contributed by atoms with Gasteiger partial charge in [-0.1, -0.05) is 41.6 Å². The summed E-state index contributed by atoms with van der Waals surface area (Å²) in [6.45, 7) is 0. The summed E-state index contributed by atoms with van der Waals surface area (Å²) in [7, 11) is 1.49. The Bertz CT molecular complexity index is 723. The van der Waals surface area contributed by atoms with Crippen molar-refractivity contribution in [2.45, 2.75) is 0 Å². The van der Waals surface area contributed by atoms with Crippen molar-refractivity contribution >= 4 is 0 Å². The van der Waals surface area contributed by atoms with Crippen molar-refractivity contribution in [3.8, 4) is 34.3 Å². The number of phenols is 1. The molecule has 3 aromatic rings. The summed E-state index contributed by atoms with van der Waals surface area (Å²) in [6.07, 6.45) is 0. The summed E-state index contributed by atoms with van der Waals surface area (Å²) in [5, 5.41) is 14.0. The zero-order valence-corrected chi connectivity index (χ0v) is 10.8. The van der Waals surface area contributed by atoms with E-state index in [9.17, 15) is 5.11 Å². The van der Waals surface area contributed by atoms with Gasteiger partial charge in [0.15, 0.2) is 11.5 Å². The van der Waals surface area contributed by atoms with Crippen LogP contribution in [0.1, 0.15) is 0 Å². The molecule has 0 fully saturated rings. The van der Waals surface area contributed by atoms with Crippen molar-refractivity contribution < 1.29 is 14.4 Å². The van der Waals surface area contributed by atoms with E-state index in [2.05, 4.69) is 10.1 Å². The number of hydrogen-bond acceptors (Lipinski definition) is 5. The molecule has 0 aliphatic rings. The first-order valence-electron chi connectivity index (χ1n) is 6.05. The van der Waals surface area contributed by atoms with E-state index in [0.717, 1.165) is 5.56 Å². The van der Waals surface area contributed by atoms with Crippen LogP contribution >= 0.6 is 0 Å². The van der Waals surface area contributed by atoms with Gasteiger partial charge in [0, 0.05) is 5.56 Å². The molecule has 0 unspecified atom stereocenters. The highest BCUT2D eigenvalue weighted by molar-refractivity contribution is 5.68. The maximum absolute atomic E-state index is 10.1. The van der Waals surface area contributed by atoms with Gasteiger partial charge in [-0.25, -0.2) is 0 Å². The number of aromatic hydroxyl groups is 1. The highest BCUT2D eigenvalue weighted by atomic mass is 16.5. The maximum atomic E-state index is 10.1. The first-order valence-corrected chi connectivity index (χ1v) is 6.05. The Labute approximate surface area is 115 Å². The van der Waals surface area contributed by atoms with Crippen molar-refractivity contribution in [2.24, 2.45) is 0 Å². The SMILES string of the molecule is COc1cccc(-c2nc(-c3ccccc3)no2)c1O.